The molecule has 0 rings (SSSR count). The van der Waals surface area contributed by atoms with Crippen LogP contribution in [0.25, 0.3) is 0 Å². The molecule has 0 atom stereocenters. The fourth-order valence-corrected chi connectivity index (χ4v) is 5.86. The lowest BCUT2D eigenvalue weighted by atomic mass is 9.86. The van der Waals surface area contributed by atoms with Crippen molar-refractivity contribution in [3.8, 4) is 0 Å². The van der Waals surface area contributed by atoms with E-state index in [1.807, 2.05) is 0 Å². The third kappa shape index (κ3) is 6.78. The molecule has 0 radical (unpaired) electrons. The van der Waals surface area contributed by atoms with Crippen molar-refractivity contribution >= 4 is 20.2 Å². The van der Waals surface area contributed by atoms with Crippen LogP contribution in [0.1, 0.15) is 41.0 Å². The Kier molecular flexibility index (Phi) is 4.01. The molecular formula is C8H22OSi2. The van der Waals surface area contributed by atoms with Crippen molar-refractivity contribution in [3.05, 3.63) is 0 Å². The quantitative estimate of drug-likeness (QED) is 0.604. The standard InChI is InChI=1S/C8H22OSi2/c1-7(2,3)6-8(4,5)11-9-10/h6,11H2,1-5,10H3. The largest absolute Gasteiger partial charge is 0.468 e. The van der Waals surface area contributed by atoms with E-state index in [4.69, 9.17) is 4.12 Å². The molecule has 0 aromatic rings. The Bertz CT molecular complexity index is 116. The molecule has 0 aliphatic carbocycles. The lowest BCUT2D eigenvalue weighted by Crippen LogP contribution is -2.22. The minimum atomic E-state index is -0.268. The van der Waals surface area contributed by atoms with Gasteiger partial charge in [-0.2, -0.15) is 0 Å². The minimum Gasteiger partial charge on any atom is -0.468 e. The Morgan fingerprint density at radius 1 is 1.18 bits per heavy atom. The summed E-state index contributed by atoms with van der Waals surface area (Å²) in [6, 6.07) is 0. The van der Waals surface area contributed by atoms with Crippen LogP contribution in [-0.4, -0.2) is 20.2 Å². The molecule has 0 saturated carbocycles. The van der Waals surface area contributed by atoms with E-state index in [2.05, 4.69) is 34.6 Å². The van der Waals surface area contributed by atoms with Gasteiger partial charge in [-0.25, -0.2) is 0 Å². The van der Waals surface area contributed by atoms with E-state index >= 15 is 0 Å². The van der Waals surface area contributed by atoms with E-state index in [1.165, 1.54) is 6.42 Å². The molecular weight excluding hydrogens is 168 g/mol. The van der Waals surface area contributed by atoms with Crippen LogP contribution in [0.5, 0.6) is 0 Å². The topological polar surface area (TPSA) is 9.23 Å². The first-order valence-corrected chi connectivity index (χ1v) is 6.36. The molecule has 0 amide bonds. The summed E-state index contributed by atoms with van der Waals surface area (Å²) in [4.78, 5) is 0. The lowest BCUT2D eigenvalue weighted by molar-refractivity contribution is 0.319. The normalized spacial score (nSPS) is 15.0. The number of hydrogen-bond acceptors (Lipinski definition) is 1. The van der Waals surface area contributed by atoms with Crippen LogP contribution in [-0.2, 0) is 4.12 Å². The molecule has 0 heterocycles. The van der Waals surface area contributed by atoms with Gasteiger partial charge in [0, 0.05) is 0 Å². The Labute approximate surface area is 76.4 Å². The summed E-state index contributed by atoms with van der Waals surface area (Å²) in [7, 11) is 0.655. The molecule has 68 valence electrons. The van der Waals surface area contributed by atoms with Crippen LogP contribution in [0.15, 0.2) is 0 Å². The van der Waals surface area contributed by atoms with Gasteiger partial charge in [0.2, 0.25) is 0 Å². The first kappa shape index (κ1) is 11.4. The van der Waals surface area contributed by atoms with Gasteiger partial charge >= 0.3 is 0 Å². The fourth-order valence-electron chi connectivity index (χ4n) is 1.88. The van der Waals surface area contributed by atoms with Gasteiger partial charge in [0.25, 0.3) is 0 Å². The average molecular weight is 190 g/mol. The lowest BCUT2D eigenvalue weighted by Gasteiger charge is -2.31. The first-order chi connectivity index (χ1) is 4.77. The van der Waals surface area contributed by atoms with Crippen molar-refractivity contribution in [3.63, 3.8) is 0 Å². The molecule has 3 heteroatoms. The molecule has 0 aliphatic heterocycles. The van der Waals surface area contributed by atoms with Crippen LogP contribution in [0.3, 0.4) is 0 Å². The molecule has 0 bridgehead atoms. The fraction of sp³-hybridized carbons (Fsp3) is 1.00. The van der Waals surface area contributed by atoms with Crippen molar-refractivity contribution in [2.75, 3.05) is 0 Å². The zero-order valence-electron chi connectivity index (χ0n) is 8.82. The summed E-state index contributed by atoms with van der Waals surface area (Å²) >= 11 is 0. The molecule has 0 saturated heterocycles. The highest BCUT2D eigenvalue weighted by Crippen LogP contribution is 2.37. The van der Waals surface area contributed by atoms with Gasteiger partial charge in [-0.05, 0) is 16.9 Å². The summed E-state index contributed by atoms with van der Waals surface area (Å²) in [5.74, 6) is 0. The van der Waals surface area contributed by atoms with Crippen LogP contribution in [0.2, 0.25) is 5.04 Å². The van der Waals surface area contributed by atoms with Gasteiger partial charge in [0.15, 0.2) is 9.76 Å². The van der Waals surface area contributed by atoms with E-state index in [0.717, 1.165) is 10.5 Å². The van der Waals surface area contributed by atoms with Crippen LogP contribution >= 0.6 is 0 Å². The summed E-state index contributed by atoms with van der Waals surface area (Å²) < 4.78 is 5.43. The number of rotatable bonds is 3. The van der Waals surface area contributed by atoms with E-state index in [-0.39, 0.29) is 9.76 Å². The van der Waals surface area contributed by atoms with Gasteiger partial charge < -0.3 is 4.12 Å². The molecule has 0 unspecified atom stereocenters. The van der Waals surface area contributed by atoms with Gasteiger partial charge in [-0.1, -0.05) is 34.6 Å². The Morgan fingerprint density at radius 3 is 1.91 bits per heavy atom. The first-order valence-electron chi connectivity index (χ1n) is 4.26. The predicted molar refractivity (Wildman–Crippen MR) is 57.7 cm³/mol. The molecule has 0 fully saturated rings. The maximum atomic E-state index is 5.43. The molecule has 0 aliphatic rings. The molecule has 11 heavy (non-hydrogen) atoms. The zero-order valence-corrected chi connectivity index (χ0v) is 12.2. The van der Waals surface area contributed by atoms with E-state index < -0.39 is 0 Å². The van der Waals surface area contributed by atoms with Gasteiger partial charge in [-0.3, -0.25) is 0 Å². The summed E-state index contributed by atoms with van der Waals surface area (Å²) in [6.45, 7) is 11.6. The summed E-state index contributed by atoms with van der Waals surface area (Å²) in [5.41, 5.74) is 0.455. The third-order valence-electron chi connectivity index (χ3n) is 1.54. The van der Waals surface area contributed by atoms with Crippen molar-refractivity contribution in [2.45, 2.75) is 46.1 Å². The highest BCUT2D eigenvalue weighted by Gasteiger charge is 2.25. The Balaban J connectivity index is 3.91. The molecule has 1 nitrogen and oxygen atoms in total. The second-order valence-corrected chi connectivity index (χ2v) is 9.85. The molecule has 0 aromatic carbocycles. The van der Waals surface area contributed by atoms with Gasteiger partial charge in [0.1, 0.15) is 10.5 Å². The van der Waals surface area contributed by atoms with E-state index in [0.29, 0.717) is 10.5 Å². The summed E-state index contributed by atoms with van der Waals surface area (Å²) in [5, 5.41) is 0.486. The number of hydrogen-bond donors (Lipinski definition) is 0. The molecule has 0 aromatic heterocycles. The van der Waals surface area contributed by atoms with Gasteiger partial charge in [-0.15, -0.1) is 0 Å². The second kappa shape index (κ2) is 3.87. The maximum Gasteiger partial charge on any atom is 0.151 e. The minimum absolute atomic E-state index is 0.268. The third-order valence-corrected chi connectivity index (χ3v) is 3.73. The smallest absolute Gasteiger partial charge is 0.151 e. The average Bonchev–Trinajstić information content (AvgIpc) is 1.55. The van der Waals surface area contributed by atoms with Crippen molar-refractivity contribution in [1.82, 2.24) is 0 Å². The maximum absolute atomic E-state index is 5.43. The van der Waals surface area contributed by atoms with Crippen LogP contribution in [0.4, 0.5) is 0 Å². The highest BCUT2D eigenvalue weighted by atomic mass is 28.3. The van der Waals surface area contributed by atoms with Crippen LogP contribution in [0, 0.1) is 5.41 Å². The van der Waals surface area contributed by atoms with Gasteiger partial charge in [0.05, 0.1) is 0 Å². The molecule has 0 N–H and O–H groups in total. The predicted octanol–water partition coefficient (Wildman–Crippen LogP) is 1.00. The zero-order chi connectivity index (χ0) is 9.12. The SMILES string of the molecule is CC(C)(C)CC(C)(C)[SiH2]O[SiH3]. The van der Waals surface area contributed by atoms with E-state index in [1.54, 1.807) is 0 Å². The Morgan fingerprint density at radius 2 is 1.64 bits per heavy atom. The van der Waals surface area contributed by atoms with E-state index in [9.17, 15) is 0 Å². The van der Waals surface area contributed by atoms with Crippen molar-refractivity contribution in [2.24, 2.45) is 5.41 Å². The highest BCUT2D eigenvalue weighted by molar-refractivity contribution is 6.38. The monoisotopic (exact) mass is 190 g/mol. The van der Waals surface area contributed by atoms with Crippen molar-refractivity contribution in [1.29, 1.82) is 0 Å². The second-order valence-electron chi connectivity index (χ2n) is 5.33. The molecule has 0 spiro atoms. The van der Waals surface area contributed by atoms with Crippen LogP contribution < -0.4 is 0 Å². The van der Waals surface area contributed by atoms with Crippen molar-refractivity contribution < 1.29 is 4.12 Å². The summed E-state index contributed by atoms with van der Waals surface area (Å²) in [6.07, 6.45) is 1.29. The Hall–Kier alpha value is 0.394.